The van der Waals surface area contributed by atoms with Gasteiger partial charge in [0.15, 0.2) is 0 Å². The summed E-state index contributed by atoms with van der Waals surface area (Å²) in [5.41, 5.74) is 4.37. The molecule has 0 aliphatic carbocycles. The molecule has 0 fully saturated rings. The fourth-order valence-electron chi connectivity index (χ4n) is 5.41. The first-order chi connectivity index (χ1) is 22.6. The molecule has 3 atom stereocenters. The Morgan fingerprint density at radius 2 is 1.32 bits per heavy atom. The molecule has 0 heterocycles. The molecular formula is C39H45N3O5. The minimum absolute atomic E-state index is 0.0635. The summed E-state index contributed by atoms with van der Waals surface area (Å²) >= 11 is 0. The summed E-state index contributed by atoms with van der Waals surface area (Å²) in [7, 11) is 0. The molecule has 8 nitrogen and oxygen atoms in total. The third kappa shape index (κ3) is 10.8. The number of benzene rings is 4. The highest BCUT2D eigenvalue weighted by atomic mass is 16.5. The largest absolute Gasteiger partial charge is 0.457 e. The maximum Gasteiger partial charge on any atom is 0.243 e. The fourth-order valence-corrected chi connectivity index (χ4v) is 5.41. The van der Waals surface area contributed by atoms with Gasteiger partial charge in [0, 0.05) is 12.1 Å². The van der Waals surface area contributed by atoms with E-state index in [1.165, 1.54) is 0 Å². The lowest BCUT2D eigenvalue weighted by molar-refractivity contribution is -0.130. The maximum atomic E-state index is 13.7. The quantitative estimate of drug-likeness (QED) is 0.123. The van der Waals surface area contributed by atoms with Crippen molar-refractivity contribution in [1.29, 1.82) is 0 Å². The van der Waals surface area contributed by atoms with Gasteiger partial charge in [-0.1, -0.05) is 92.7 Å². The first kappa shape index (κ1) is 34.9. The van der Waals surface area contributed by atoms with Gasteiger partial charge in [-0.2, -0.15) is 0 Å². The van der Waals surface area contributed by atoms with Gasteiger partial charge >= 0.3 is 0 Å². The van der Waals surface area contributed by atoms with Crippen LogP contribution in [0.15, 0.2) is 103 Å². The zero-order valence-electron chi connectivity index (χ0n) is 27.5. The molecular weight excluding hydrogens is 590 g/mol. The molecule has 47 heavy (non-hydrogen) atoms. The number of carbonyl (C=O) groups excluding carboxylic acids is 3. The molecule has 3 amide bonds. The summed E-state index contributed by atoms with van der Waals surface area (Å²) < 4.78 is 5.90. The molecule has 1 unspecified atom stereocenters. The molecule has 0 saturated carbocycles. The lowest BCUT2D eigenvalue weighted by Crippen LogP contribution is -2.55. The monoisotopic (exact) mass is 635 g/mol. The zero-order valence-corrected chi connectivity index (χ0v) is 27.5. The number of anilines is 1. The number of carbonyl (C=O) groups is 3. The van der Waals surface area contributed by atoms with E-state index in [0.29, 0.717) is 17.9 Å². The summed E-state index contributed by atoms with van der Waals surface area (Å²) in [5.74, 6) is 0.176. The summed E-state index contributed by atoms with van der Waals surface area (Å²) in [6.45, 7) is 7.59. The van der Waals surface area contributed by atoms with E-state index in [2.05, 4.69) is 16.0 Å². The number of para-hydroxylation sites is 2. The molecule has 8 heteroatoms. The highest BCUT2D eigenvalue weighted by Gasteiger charge is 2.29. The second kappa shape index (κ2) is 17.1. The van der Waals surface area contributed by atoms with Gasteiger partial charge in [0.05, 0.1) is 18.6 Å². The Balaban J connectivity index is 1.39. The van der Waals surface area contributed by atoms with Crippen molar-refractivity contribution in [2.24, 2.45) is 5.92 Å². The summed E-state index contributed by atoms with van der Waals surface area (Å²) in [6.07, 6.45) is -0.353. The molecule has 0 radical (unpaired) electrons. The van der Waals surface area contributed by atoms with Crippen LogP contribution in [0.4, 0.5) is 5.69 Å². The number of amides is 3. The first-order valence-electron chi connectivity index (χ1n) is 16.1. The van der Waals surface area contributed by atoms with Crippen LogP contribution in [-0.4, -0.2) is 41.0 Å². The Bertz CT molecular complexity index is 1600. The van der Waals surface area contributed by atoms with Gasteiger partial charge in [-0.15, -0.1) is 0 Å². The zero-order chi connectivity index (χ0) is 33.8. The molecule has 0 aliphatic rings. The maximum absolute atomic E-state index is 13.7. The van der Waals surface area contributed by atoms with Crippen molar-refractivity contribution in [1.82, 2.24) is 10.6 Å². The third-order valence-electron chi connectivity index (χ3n) is 8.01. The molecule has 0 aliphatic heterocycles. The minimum atomic E-state index is -1.00. The van der Waals surface area contributed by atoms with E-state index in [0.717, 1.165) is 27.9 Å². The van der Waals surface area contributed by atoms with E-state index in [4.69, 9.17) is 4.74 Å². The second-order valence-corrected chi connectivity index (χ2v) is 12.3. The summed E-state index contributed by atoms with van der Waals surface area (Å²) in [4.78, 5) is 39.7. The average molecular weight is 636 g/mol. The number of hydrogen-bond acceptors (Lipinski definition) is 5. The standard InChI is InChI=1S/C39H45N3O5/c1-26(2)37(42-36(45)25-30-17-12-20-32(23-30)47-31-18-9-6-10-19-31)39(46)40-33(24-29-15-7-5-8-16-29)34(43)21-22-35(44)41-38-27(3)13-11-14-28(38)4/h5-20,23,26,33-34,37,43H,21-22,24-25H2,1-4H3,(H,40,46)(H,41,44)(H,42,45)/t33-,34-,37?/m0/s1. The van der Waals surface area contributed by atoms with Crippen LogP contribution < -0.4 is 20.7 Å². The van der Waals surface area contributed by atoms with Crippen molar-refractivity contribution in [2.75, 3.05) is 5.32 Å². The molecule has 0 aromatic heterocycles. The average Bonchev–Trinajstić information content (AvgIpc) is 3.05. The molecule has 4 rings (SSSR count). The van der Waals surface area contributed by atoms with Crippen LogP contribution in [0.25, 0.3) is 0 Å². The number of hydrogen-bond donors (Lipinski definition) is 4. The Morgan fingerprint density at radius 3 is 1.98 bits per heavy atom. The Morgan fingerprint density at radius 1 is 0.723 bits per heavy atom. The SMILES string of the molecule is Cc1cccc(C)c1NC(=O)CC[C@H](O)[C@H](Cc1ccccc1)NC(=O)C(NC(=O)Cc1cccc(Oc2ccccc2)c1)C(C)C. The smallest absolute Gasteiger partial charge is 0.243 e. The van der Waals surface area contributed by atoms with Crippen molar-refractivity contribution < 1.29 is 24.2 Å². The number of aliphatic hydroxyl groups is 1. The van der Waals surface area contributed by atoms with Crippen LogP contribution in [-0.2, 0) is 27.2 Å². The van der Waals surface area contributed by atoms with Gasteiger partial charge in [0.2, 0.25) is 17.7 Å². The predicted octanol–water partition coefficient (Wildman–Crippen LogP) is 6.29. The fraction of sp³-hybridized carbons (Fsp3) is 0.308. The summed E-state index contributed by atoms with van der Waals surface area (Å²) in [5, 5.41) is 20.1. The van der Waals surface area contributed by atoms with Crippen molar-refractivity contribution in [3.8, 4) is 11.5 Å². The third-order valence-corrected chi connectivity index (χ3v) is 8.01. The molecule has 0 spiro atoms. The van der Waals surface area contributed by atoms with Gasteiger partial charge in [0.25, 0.3) is 0 Å². The number of nitrogens with one attached hydrogen (secondary N) is 3. The molecule has 0 bridgehead atoms. The van der Waals surface area contributed by atoms with E-state index in [1.807, 2.05) is 125 Å². The highest BCUT2D eigenvalue weighted by Crippen LogP contribution is 2.23. The topological polar surface area (TPSA) is 117 Å². The second-order valence-electron chi connectivity index (χ2n) is 12.3. The van der Waals surface area contributed by atoms with Gasteiger partial charge in [-0.25, -0.2) is 0 Å². The molecule has 4 N–H and O–H groups in total. The molecule has 4 aromatic rings. The number of aryl methyl sites for hydroxylation is 2. The molecule has 0 saturated heterocycles. The van der Waals surface area contributed by atoms with Crippen LogP contribution in [0.2, 0.25) is 0 Å². The van der Waals surface area contributed by atoms with Crippen LogP contribution in [0.5, 0.6) is 11.5 Å². The Hall–Kier alpha value is -4.95. The van der Waals surface area contributed by atoms with Gasteiger partial charge in [-0.05, 0) is 79.1 Å². The van der Waals surface area contributed by atoms with Gasteiger partial charge in [0.1, 0.15) is 17.5 Å². The normalized spacial score (nSPS) is 12.9. The number of aliphatic hydroxyl groups excluding tert-OH is 1. The predicted molar refractivity (Wildman–Crippen MR) is 185 cm³/mol. The van der Waals surface area contributed by atoms with Gasteiger partial charge in [-0.3, -0.25) is 14.4 Å². The lowest BCUT2D eigenvalue weighted by Gasteiger charge is -2.28. The van der Waals surface area contributed by atoms with E-state index < -0.39 is 24.1 Å². The van der Waals surface area contributed by atoms with Crippen LogP contribution >= 0.6 is 0 Å². The van der Waals surface area contributed by atoms with Crippen molar-refractivity contribution in [3.63, 3.8) is 0 Å². The van der Waals surface area contributed by atoms with Crippen LogP contribution in [0.3, 0.4) is 0 Å². The van der Waals surface area contributed by atoms with Crippen molar-refractivity contribution >= 4 is 23.4 Å². The number of rotatable bonds is 15. The van der Waals surface area contributed by atoms with Crippen molar-refractivity contribution in [3.05, 3.63) is 125 Å². The summed E-state index contributed by atoms with van der Waals surface area (Å²) in [6, 6.07) is 30.5. The highest BCUT2D eigenvalue weighted by molar-refractivity contribution is 5.92. The van der Waals surface area contributed by atoms with E-state index in [9.17, 15) is 19.5 Å². The Kier molecular flexibility index (Phi) is 12.7. The van der Waals surface area contributed by atoms with Crippen LogP contribution in [0, 0.1) is 19.8 Å². The first-order valence-corrected chi connectivity index (χ1v) is 16.1. The Labute approximate surface area is 277 Å². The lowest BCUT2D eigenvalue weighted by atomic mass is 9.96. The van der Waals surface area contributed by atoms with Gasteiger partial charge < -0.3 is 25.8 Å². The minimum Gasteiger partial charge on any atom is -0.457 e. The number of ether oxygens (including phenoxy) is 1. The van der Waals surface area contributed by atoms with Crippen LogP contribution in [0.1, 0.15) is 48.9 Å². The van der Waals surface area contributed by atoms with E-state index >= 15 is 0 Å². The van der Waals surface area contributed by atoms with Crippen molar-refractivity contribution in [2.45, 2.75) is 71.6 Å². The van der Waals surface area contributed by atoms with E-state index in [1.54, 1.807) is 6.07 Å². The molecule has 4 aromatic carbocycles. The van der Waals surface area contributed by atoms with E-state index in [-0.39, 0.29) is 37.0 Å². The molecule has 246 valence electrons.